The topological polar surface area (TPSA) is 61.3 Å². The number of nitrogens with zero attached hydrogens (tertiary/aromatic N) is 2. The zero-order valence-electron chi connectivity index (χ0n) is 10.4. The molecular weight excluding hydrogens is 268 g/mol. The van der Waals surface area contributed by atoms with E-state index in [1.807, 2.05) is 0 Å². The Hall–Kier alpha value is -2.14. The number of hydrogen-bond donors (Lipinski definition) is 0. The number of methoxy groups -OCH3 is 2. The van der Waals surface area contributed by atoms with Crippen molar-refractivity contribution in [3.05, 3.63) is 35.5 Å². The summed E-state index contributed by atoms with van der Waals surface area (Å²) in [5.74, 6) is -0.172. The van der Waals surface area contributed by atoms with Crippen molar-refractivity contribution in [1.82, 2.24) is 9.97 Å². The lowest BCUT2D eigenvalue weighted by molar-refractivity contribution is -0.133. The standard InChI is InChI=1S/C13H11ClN2O3/c1-7(13(17)19-3)11-8(14)6-15-9-4-5-10(18-2)16-12(9)11/h4-6H,1H2,2-3H3. The molecule has 0 N–H and O–H groups in total. The predicted molar refractivity (Wildman–Crippen MR) is 72.2 cm³/mol. The Morgan fingerprint density at radius 1 is 1.37 bits per heavy atom. The van der Waals surface area contributed by atoms with Crippen LogP contribution in [-0.2, 0) is 9.53 Å². The van der Waals surface area contributed by atoms with E-state index in [0.717, 1.165) is 0 Å². The first-order valence-electron chi connectivity index (χ1n) is 5.35. The van der Waals surface area contributed by atoms with Crippen LogP contribution in [0.2, 0.25) is 5.02 Å². The largest absolute Gasteiger partial charge is 0.481 e. The average molecular weight is 279 g/mol. The second-order valence-electron chi connectivity index (χ2n) is 3.67. The van der Waals surface area contributed by atoms with Crippen molar-refractivity contribution in [2.45, 2.75) is 0 Å². The third-order valence-electron chi connectivity index (χ3n) is 2.58. The molecule has 6 heteroatoms. The summed E-state index contributed by atoms with van der Waals surface area (Å²) in [6, 6.07) is 3.40. The molecule has 0 aliphatic heterocycles. The summed E-state index contributed by atoms with van der Waals surface area (Å²) in [6.45, 7) is 3.69. The molecule has 0 unspecified atom stereocenters. The molecule has 0 aliphatic carbocycles. The third-order valence-corrected chi connectivity index (χ3v) is 2.87. The van der Waals surface area contributed by atoms with Crippen LogP contribution in [0.3, 0.4) is 0 Å². The number of carbonyl (C=O) groups excluding carboxylic acids is 1. The van der Waals surface area contributed by atoms with E-state index < -0.39 is 5.97 Å². The number of aromatic nitrogens is 2. The third kappa shape index (κ3) is 2.37. The summed E-state index contributed by atoms with van der Waals surface area (Å²) >= 11 is 6.08. The molecule has 0 saturated heterocycles. The molecule has 0 aromatic carbocycles. The maximum absolute atomic E-state index is 11.6. The van der Waals surface area contributed by atoms with Gasteiger partial charge in [-0.05, 0) is 6.07 Å². The zero-order valence-corrected chi connectivity index (χ0v) is 11.2. The van der Waals surface area contributed by atoms with Gasteiger partial charge in [-0.15, -0.1) is 0 Å². The van der Waals surface area contributed by atoms with Crippen molar-refractivity contribution in [1.29, 1.82) is 0 Å². The highest BCUT2D eigenvalue weighted by Gasteiger charge is 2.18. The highest BCUT2D eigenvalue weighted by Crippen LogP contribution is 2.30. The van der Waals surface area contributed by atoms with Crippen LogP contribution in [0.25, 0.3) is 16.6 Å². The van der Waals surface area contributed by atoms with Crippen LogP contribution in [0.5, 0.6) is 5.88 Å². The molecule has 19 heavy (non-hydrogen) atoms. The minimum atomic E-state index is -0.570. The van der Waals surface area contributed by atoms with Gasteiger partial charge in [-0.25, -0.2) is 9.78 Å². The molecule has 2 heterocycles. The Bertz CT molecular complexity index is 670. The second kappa shape index (κ2) is 5.24. The van der Waals surface area contributed by atoms with E-state index in [1.54, 1.807) is 12.1 Å². The van der Waals surface area contributed by atoms with Crippen LogP contribution in [0, 0.1) is 0 Å². The summed E-state index contributed by atoms with van der Waals surface area (Å²) in [4.78, 5) is 20.0. The maximum atomic E-state index is 11.6. The van der Waals surface area contributed by atoms with Crippen LogP contribution in [0.15, 0.2) is 24.9 Å². The van der Waals surface area contributed by atoms with Gasteiger partial charge in [0.05, 0.1) is 30.3 Å². The normalized spacial score (nSPS) is 10.3. The van der Waals surface area contributed by atoms with Crippen molar-refractivity contribution >= 4 is 34.2 Å². The van der Waals surface area contributed by atoms with Gasteiger partial charge >= 0.3 is 5.97 Å². The molecule has 0 radical (unpaired) electrons. The first-order chi connectivity index (χ1) is 9.08. The summed E-state index contributed by atoms with van der Waals surface area (Å²) in [5.41, 5.74) is 1.56. The molecular formula is C13H11ClN2O3. The molecule has 2 rings (SSSR count). The quantitative estimate of drug-likeness (QED) is 0.637. The van der Waals surface area contributed by atoms with Crippen LogP contribution in [0.1, 0.15) is 5.56 Å². The Labute approximate surface area is 114 Å². The smallest absolute Gasteiger partial charge is 0.337 e. The average Bonchev–Trinajstić information content (AvgIpc) is 2.44. The fourth-order valence-electron chi connectivity index (χ4n) is 1.65. The number of pyridine rings is 2. The molecule has 0 atom stereocenters. The van der Waals surface area contributed by atoms with Crippen molar-refractivity contribution in [2.24, 2.45) is 0 Å². The van der Waals surface area contributed by atoms with Crippen molar-refractivity contribution in [3.8, 4) is 5.88 Å². The molecule has 0 saturated carbocycles. The lowest BCUT2D eigenvalue weighted by atomic mass is 10.1. The number of rotatable bonds is 3. The van der Waals surface area contributed by atoms with Gasteiger partial charge in [-0.2, -0.15) is 0 Å². The van der Waals surface area contributed by atoms with Crippen molar-refractivity contribution in [2.75, 3.05) is 14.2 Å². The Balaban J connectivity index is 2.73. The number of hydrogen-bond acceptors (Lipinski definition) is 5. The summed E-state index contributed by atoms with van der Waals surface area (Å²) in [7, 11) is 2.78. The fraction of sp³-hybridized carbons (Fsp3) is 0.154. The summed E-state index contributed by atoms with van der Waals surface area (Å²) in [5, 5.41) is 0.281. The lowest BCUT2D eigenvalue weighted by Crippen LogP contribution is -2.05. The van der Waals surface area contributed by atoms with Gasteiger partial charge in [-0.3, -0.25) is 4.98 Å². The molecule has 0 amide bonds. The Kier molecular flexibility index (Phi) is 3.66. The molecule has 0 fully saturated rings. The monoisotopic (exact) mass is 278 g/mol. The van der Waals surface area contributed by atoms with Gasteiger partial charge in [0.25, 0.3) is 0 Å². The number of carbonyl (C=O) groups is 1. The van der Waals surface area contributed by atoms with Gasteiger partial charge in [0.1, 0.15) is 5.52 Å². The van der Waals surface area contributed by atoms with E-state index in [-0.39, 0.29) is 10.6 Å². The minimum absolute atomic E-state index is 0.126. The van der Waals surface area contributed by atoms with Crippen LogP contribution < -0.4 is 4.74 Å². The van der Waals surface area contributed by atoms with Crippen molar-refractivity contribution < 1.29 is 14.3 Å². The van der Waals surface area contributed by atoms with Crippen molar-refractivity contribution in [3.63, 3.8) is 0 Å². The van der Waals surface area contributed by atoms with E-state index in [4.69, 9.17) is 16.3 Å². The molecule has 98 valence electrons. The molecule has 2 aromatic heterocycles. The number of ether oxygens (including phenoxy) is 2. The number of halogens is 1. The molecule has 0 spiro atoms. The highest BCUT2D eigenvalue weighted by molar-refractivity contribution is 6.35. The van der Waals surface area contributed by atoms with Gasteiger partial charge in [-0.1, -0.05) is 18.2 Å². The zero-order chi connectivity index (χ0) is 14.0. The van der Waals surface area contributed by atoms with E-state index in [0.29, 0.717) is 22.5 Å². The molecule has 2 aromatic rings. The Morgan fingerprint density at radius 3 is 2.74 bits per heavy atom. The van der Waals surface area contributed by atoms with Gasteiger partial charge in [0, 0.05) is 17.8 Å². The van der Waals surface area contributed by atoms with Crippen LogP contribution in [0.4, 0.5) is 0 Å². The number of esters is 1. The van der Waals surface area contributed by atoms with E-state index in [2.05, 4.69) is 21.3 Å². The molecule has 0 bridgehead atoms. The number of fused-ring (bicyclic) bond motifs is 1. The fourth-order valence-corrected chi connectivity index (χ4v) is 1.90. The lowest BCUT2D eigenvalue weighted by Gasteiger charge is -2.09. The maximum Gasteiger partial charge on any atom is 0.337 e. The molecule has 0 aliphatic rings. The first kappa shape index (κ1) is 13.3. The van der Waals surface area contributed by atoms with Gasteiger partial charge in [0.15, 0.2) is 0 Å². The second-order valence-corrected chi connectivity index (χ2v) is 4.08. The molecule has 5 nitrogen and oxygen atoms in total. The summed E-state index contributed by atoms with van der Waals surface area (Å²) in [6.07, 6.45) is 1.45. The predicted octanol–water partition coefficient (Wildman–Crippen LogP) is 2.48. The van der Waals surface area contributed by atoms with Crippen LogP contribution in [-0.4, -0.2) is 30.2 Å². The SMILES string of the molecule is C=C(C(=O)OC)c1c(Cl)cnc2ccc(OC)nc12. The van der Waals surface area contributed by atoms with Crippen LogP contribution >= 0.6 is 11.6 Å². The van der Waals surface area contributed by atoms with Gasteiger partial charge in [0.2, 0.25) is 5.88 Å². The van der Waals surface area contributed by atoms with E-state index >= 15 is 0 Å². The van der Waals surface area contributed by atoms with E-state index in [1.165, 1.54) is 20.4 Å². The first-order valence-corrected chi connectivity index (χ1v) is 5.73. The minimum Gasteiger partial charge on any atom is -0.481 e. The Morgan fingerprint density at radius 2 is 2.11 bits per heavy atom. The van der Waals surface area contributed by atoms with E-state index in [9.17, 15) is 4.79 Å². The highest BCUT2D eigenvalue weighted by atomic mass is 35.5. The van der Waals surface area contributed by atoms with Gasteiger partial charge < -0.3 is 9.47 Å². The summed E-state index contributed by atoms with van der Waals surface area (Å²) < 4.78 is 9.71.